The third-order valence-corrected chi connectivity index (χ3v) is 4.83. The highest BCUT2D eigenvalue weighted by Gasteiger charge is 2.19. The zero-order valence-corrected chi connectivity index (χ0v) is 14.5. The maximum absolute atomic E-state index is 6.24. The summed E-state index contributed by atoms with van der Waals surface area (Å²) in [5.74, 6) is 0. The van der Waals surface area contributed by atoms with Gasteiger partial charge in [0.1, 0.15) is 0 Å². The molecule has 0 bridgehead atoms. The van der Waals surface area contributed by atoms with Gasteiger partial charge in [-0.15, -0.1) is 0 Å². The van der Waals surface area contributed by atoms with Crippen LogP contribution in [0.1, 0.15) is 29.8 Å². The van der Waals surface area contributed by atoms with Crippen LogP contribution in [0.3, 0.4) is 0 Å². The molecule has 0 unspecified atom stereocenters. The van der Waals surface area contributed by atoms with Crippen molar-refractivity contribution in [2.45, 2.75) is 39.3 Å². The third-order valence-electron chi connectivity index (χ3n) is 4.42. The molecule has 1 aliphatic rings. The molecule has 0 amide bonds. The molecule has 4 nitrogen and oxygen atoms in total. The Hall–Kier alpha value is -1.65. The monoisotopic (exact) mass is 330 g/mol. The Morgan fingerprint density at radius 3 is 2.61 bits per heavy atom. The Morgan fingerprint density at radius 2 is 1.96 bits per heavy atom. The van der Waals surface area contributed by atoms with E-state index in [0.717, 1.165) is 54.4 Å². The van der Waals surface area contributed by atoms with Crippen LogP contribution in [0, 0.1) is 13.8 Å². The van der Waals surface area contributed by atoms with Crippen LogP contribution < -0.4 is 10.2 Å². The smallest absolute Gasteiger partial charge is 0.0724 e. The van der Waals surface area contributed by atoms with Crippen molar-refractivity contribution in [3.05, 3.63) is 52.6 Å². The number of nitrogens with one attached hydrogen (secondary N) is 1. The molecule has 5 heteroatoms. The number of halogens is 1. The molecule has 0 aliphatic carbocycles. The Bertz CT molecular complexity index is 649. The standard InChI is InChI=1S/C18H23ClN4/c1-13-3-4-17(9-18(13)19)23-7-5-15(6-8-23)22-12-16-11-20-14(2)10-21-16/h3-4,9-11,15,22H,5-8,12H2,1-2H3. The summed E-state index contributed by atoms with van der Waals surface area (Å²) in [6.07, 6.45) is 5.93. The zero-order valence-electron chi connectivity index (χ0n) is 13.7. The summed E-state index contributed by atoms with van der Waals surface area (Å²) in [7, 11) is 0. The molecule has 2 aromatic rings. The van der Waals surface area contributed by atoms with E-state index in [1.165, 1.54) is 5.69 Å². The lowest BCUT2D eigenvalue weighted by Gasteiger charge is -2.34. The van der Waals surface area contributed by atoms with Crippen molar-refractivity contribution in [1.29, 1.82) is 0 Å². The quantitative estimate of drug-likeness (QED) is 0.931. The van der Waals surface area contributed by atoms with E-state index in [0.29, 0.717) is 6.04 Å². The van der Waals surface area contributed by atoms with Crippen LogP contribution in [0.25, 0.3) is 0 Å². The second kappa shape index (κ2) is 7.28. The van der Waals surface area contributed by atoms with Gasteiger partial charge in [0.15, 0.2) is 0 Å². The van der Waals surface area contributed by atoms with Crippen molar-refractivity contribution in [2.75, 3.05) is 18.0 Å². The predicted octanol–water partition coefficient (Wildman–Crippen LogP) is 3.51. The van der Waals surface area contributed by atoms with Gasteiger partial charge in [0.25, 0.3) is 0 Å². The largest absolute Gasteiger partial charge is 0.371 e. The van der Waals surface area contributed by atoms with Gasteiger partial charge in [-0.1, -0.05) is 17.7 Å². The number of hydrogen-bond donors (Lipinski definition) is 1. The van der Waals surface area contributed by atoms with Crippen molar-refractivity contribution >= 4 is 17.3 Å². The van der Waals surface area contributed by atoms with Crippen LogP contribution in [0.5, 0.6) is 0 Å². The maximum Gasteiger partial charge on any atom is 0.0724 e. The van der Waals surface area contributed by atoms with E-state index >= 15 is 0 Å². The lowest BCUT2D eigenvalue weighted by Crippen LogP contribution is -2.42. The summed E-state index contributed by atoms with van der Waals surface area (Å²) < 4.78 is 0. The van der Waals surface area contributed by atoms with Gasteiger partial charge in [-0.3, -0.25) is 9.97 Å². The fourth-order valence-corrected chi connectivity index (χ4v) is 3.05. The molecule has 1 saturated heterocycles. The average Bonchev–Trinajstić information content (AvgIpc) is 2.57. The number of anilines is 1. The molecule has 0 saturated carbocycles. The van der Waals surface area contributed by atoms with Crippen molar-refractivity contribution < 1.29 is 0 Å². The molecule has 1 fully saturated rings. The van der Waals surface area contributed by atoms with Crippen LogP contribution in [0.4, 0.5) is 5.69 Å². The first-order chi connectivity index (χ1) is 11.1. The van der Waals surface area contributed by atoms with Crippen LogP contribution in [-0.2, 0) is 6.54 Å². The first-order valence-corrected chi connectivity index (χ1v) is 8.51. The van der Waals surface area contributed by atoms with Gasteiger partial charge in [-0.25, -0.2) is 0 Å². The molecular weight excluding hydrogens is 308 g/mol. The van der Waals surface area contributed by atoms with E-state index in [1.807, 2.05) is 26.2 Å². The van der Waals surface area contributed by atoms with Crippen molar-refractivity contribution in [3.8, 4) is 0 Å². The fourth-order valence-electron chi connectivity index (χ4n) is 2.88. The third kappa shape index (κ3) is 4.21. The van der Waals surface area contributed by atoms with Crippen molar-refractivity contribution in [1.82, 2.24) is 15.3 Å². The van der Waals surface area contributed by atoms with Gasteiger partial charge in [-0.2, -0.15) is 0 Å². The zero-order chi connectivity index (χ0) is 16.2. The SMILES string of the molecule is Cc1cnc(CNC2CCN(c3ccc(C)c(Cl)c3)CC2)cn1. The minimum atomic E-state index is 0.537. The molecule has 1 aliphatic heterocycles. The Labute approximate surface area is 142 Å². The molecule has 0 spiro atoms. The topological polar surface area (TPSA) is 41.1 Å². The number of nitrogens with zero attached hydrogens (tertiary/aromatic N) is 3. The lowest BCUT2D eigenvalue weighted by molar-refractivity contribution is 0.412. The number of aryl methyl sites for hydroxylation is 2. The van der Waals surface area contributed by atoms with Gasteiger partial charge in [0.2, 0.25) is 0 Å². The number of rotatable bonds is 4. The minimum absolute atomic E-state index is 0.537. The van der Waals surface area contributed by atoms with Crippen LogP contribution in [-0.4, -0.2) is 29.1 Å². The van der Waals surface area contributed by atoms with Crippen LogP contribution in [0.15, 0.2) is 30.6 Å². The summed E-state index contributed by atoms with van der Waals surface area (Å²) in [6.45, 7) is 6.88. The molecule has 23 heavy (non-hydrogen) atoms. The molecule has 3 rings (SSSR count). The van der Waals surface area contributed by atoms with Crippen molar-refractivity contribution in [3.63, 3.8) is 0 Å². The van der Waals surface area contributed by atoms with Crippen molar-refractivity contribution in [2.24, 2.45) is 0 Å². The lowest BCUT2D eigenvalue weighted by atomic mass is 10.0. The number of aromatic nitrogens is 2. The summed E-state index contributed by atoms with van der Waals surface area (Å²) in [5, 5.41) is 4.44. The van der Waals surface area contributed by atoms with Gasteiger partial charge in [-0.05, 0) is 44.4 Å². The number of hydrogen-bond acceptors (Lipinski definition) is 4. The minimum Gasteiger partial charge on any atom is -0.371 e. The van der Waals surface area contributed by atoms with Gasteiger partial charge in [0, 0.05) is 48.8 Å². The molecule has 1 N–H and O–H groups in total. The first-order valence-electron chi connectivity index (χ1n) is 8.14. The number of benzene rings is 1. The average molecular weight is 331 g/mol. The Kier molecular flexibility index (Phi) is 5.13. The van der Waals surface area contributed by atoms with E-state index < -0.39 is 0 Å². The van der Waals surface area contributed by atoms with Crippen LogP contribution in [0.2, 0.25) is 5.02 Å². The highest BCUT2D eigenvalue weighted by Crippen LogP contribution is 2.25. The van der Waals surface area contributed by atoms with E-state index in [1.54, 1.807) is 0 Å². The summed E-state index contributed by atoms with van der Waals surface area (Å²) >= 11 is 6.24. The Morgan fingerprint density at radius 1 is 1.17 bits per heavy atom. The molecule has 122 valence electrons. The van der Waals surface area contributed by atoms with E-state index in [9.17, 15) is 0 Å². The second-order valence-corrected chi connectivity index (χ2v) is 6.63. The molecule has 1 aromatic heterocycles. The van der Waals surface area contributed by atoms with Crippen LogP contribution >= 0.6 is 11.6 Å². The predicted molar refractivity (Wildman–Crippen MR) is 95.0 cm³/mol. The summed E-state index contributed by atoms with van der Waals surface area (Å²) in [6, 6.07) is 6.87. The van der Waals surface area contributed by atoms with Gasteiger partial charge < -0.3 is 10.2 Å². The first kappa shape index (κ1) is 16.2. The van der Waals surface area contributed by atoms with E-state index in [2.05, 4.69) is 38.4 Å². The normalized spacial score (nSPS) is 15.9. The maximum atomic E-state index is 6.24. The summed E-state index contributed by atoms with van der Waals surface area (Å²) in [5.41, 5.74) is 4.32. The highest BCUT2D eigenvalue weighted by molar-refractivity contribution is 6.31. The summed E-state index contributed by atoms with van der Waals surface area (Å²) in [4.78, 5) is 11.1. The molecule has 1 aromatic carbocycles. The molecule has 0 radical (unpaired) electrons. The van der Waals surface area contributed by atoms with Gasteiger partial charge in [0.05, 0.1) is 11.4 Å². The second-order valence-electron chi connectivity index (χ2n) is 6.22. The molecular formula is C18H23ClN4. The fraction of sp³-hybridized carbons (Fsp3) is 0.444. The molecule has 0 atom stereocenters. The highest BCUT2D eigenvalue weighted by atomic mass is 35.5. The van der Waals surface area contributed by atoms with E-state index in [-0.39, 0.29) is 0 Å². The Balaban J connectivity index is 1.50. The number of piperidine rings is 1. The van der Waals surface area contributed by atoms with Gasteiger partial charge >= 0.3 is 0 Å². The van der Waals surface area contributed by atoms with E-state index in [4.69, 9.17) is 11.6 Å². The molecule has 2 heterocycles.